The topological polar surface area (TPSA) is 9.34 Å². The molecule has 2 nitrogen and oxygen atoms in total. The molecular weight excluding hydrogens is 532 g/mol. The lowest BCUT2D eigenvalue weighted by Crippen LogP contribution is -1.96. The second-order valence-corrected chi connectivity index (χ2v) is 11.8. The van der Waals surface area contributed by atoms with Gasteiger partial charge in [0, 0.05) is 43.6 Å². The highest BCUT2D eigenvalue weighted by Gasteiger charge is 2.21. The number of fused-ring (bicyclic) bond motifs is 9. The Morgan fingerprint density at radius 2 is 0.864 bits per heavy atom. The standard InChI is InChI=1S/C42H26N2/c1-2-12-27(13-3-1)28-14-10-15-30(24-28)43-38-21-7-4-16-32(38)35-20-11-19-31(41(35)43)29-25-36-33-17-5-8-22-39(33)44-40-23-9-6-18-34(40)37(26-29)42(36)44/h1-26H. The minimum Gasteiger partial charge on any atom is -0.309 e. The van der Waals surface area contributed by atoms with Gasteiger partial charge in [-0.05, 0) is 59.2 Å². The first-order valence-electron chi connectivity index (χ1n) is 15.2. The van der Waals surface area contributed by atoms with Gasteiger partial charge in [-0.1, -0.05) is 115 Å². The van der Waals surface area contributed by atoms with E-state index in [0.29, 0.717) is 0 Å². The molecule has 3 aromatic heterocycles. The van der Waals surface area contributed by atoms with Gasteiger partial charge < -0.3 is 8.97 Å². The second-order valence-electron chi connectivity index (χ2n) is 11.8. The predicted molar refractivity (Wildman–Crippen MR) is 186 cm³/mol. The van der Waals surface area contributed by atoms with Crippen molar-refractivity contribution in [1.29, 1.82) is 0 Å². The highest BCUT2D eigenvalue weighted by atomic mass is 15.0. The van der Waals surface area contributed by atoms with Gasteiger partial charge in [0.25, 0.3) is 0 Å². The van der Waals surface area contributed by atoms with Crippen LogP contribution in [0.5, 0.6) is 0 Å². The summed E-state index contributed by atoms with van der Waals surface area (Å²) in [4.78, 5) is 0. The van der Waals surface area contributed by atoms with Crippen LogP contribution in [0.15, 0.2) is 158 Å². The van der Waals surface area contributed by atoms with E-state index < -0.39 is 0 Å². The van der Waals surface area contributed by atoms with Crippen molar-refractivity contribution in [1.82, 2.24) is 8.97 Å². The molecule has 0 spiro atoms. The van der Waals surface area contributed by atoms with E-state index in [1.54, 1.807) is 0 Å². The lowest BCUT2D eigenvalue weighted by atomic mass is 9.97. The van der Waals surface area contributed by atoms with Crippen molar-refractivity contribution < 1.29 is 0 Å². The van der Waals surface area contributed by atoms with Crippen molar-refractivity contribution in [3.05, 3.63) is 158 Å². The van der Waals surface area contributed by atoms with Gasteiger partial charge in [-0.25, -0.2) is 0 Å². The molecule has 0 radical (unpaired) electrons. The van der Waals surface area contributed by atoms with Crippen molar-refractivity contribution in [2.75, 3.05) is 0 Å². The number of hydrogen-bond donors (Lipinski definition) is 0. The minimum absolute atomic E-state index is 1.16. The number of para-hydroxylation sites is 4. The normalized spacial score (nSPS) is 12.1. The van der Waals surface area contributed by atoms with Crippen molar-refractivity contribution in [3.63, 3.8) is 0 Å². The Bertz CT molecular complexity index is 2620. The van der Waals surface area contributed by atoms with E-state index in [9.17, 15) is 0 Å². The first-order valence-corrected chi connectivity index (χ1v) is 15.2. The Morgan fingerprint density at radius 1 is 0.318 bits per heavy atom. The van der Waals surface area contributed by atoms with Gasteiger partial charge in [0.15, 0.2) is 0 Å². The van der Waals surface area contributed by atoms with E-state index in [4.69, 9.17) is 0 Å². The number of nitrogens with zero attached hydrogens (tertiary/aromatic N) is 2. The molecule has 0 amide bonds. The molecule has 204 valence electrons. The Balaban J connectivity index is 1.33. The summed E-state index contributed by atoms with van der Waals surface area (Å²) in [5, 5.41) is 7.72. The predicted octanol–water partition coefficient (Wildman–Crippen LogP) is 11.3. The van der Waals surface area contributed by atoms with E-state index in [-0.39, 0.29) is 0 Å². The van der Waals surface area contributed by atoms with Crippen molar-refractivity contribution >= 4 is 59.9 Å². The molecule has 2 heteroatoms. The first kappa shape index (κ1) is 23.7. The number of hydrogen-bond acceptors (Lipinski definition) is 0. The molecule has 0 bridgehead atoms. The maximum atomic E-state index is 2.47. The molecule has 0 saturated carbocycles. The van der Waals surface area contributed by atoms with Crippen molar-refractivity contribution in [2.45, 2.75) is 0 Å². The fourth-order valence-corrected chi connectivity index (χ4v) is 7.58. The largest absolute Gasteiger partial charge is 0.309 e. The number of benzene rings is 7. The summed E-state index contributed by atoms with van der Waals surface area (Å²) in [6.45, 7) is 0. The summed E-state index contributed by atoms with van der Waals surface area (Å²) < 4.78 is 4.92. The quantitative estimate of drug-likeness (QED) is 0.204. The van der Waals surface area contributed by atoms with E-state index in [0.717, 1.165) is 5.69 Å². The van der Waals surface area contributed by atoms with Crippen LogP contribution in [0.3, 0.4) is 0 Å². The van der Waals surface area contributed by atoms with Crippen LogP contribution in [-0.4, -0.2) is 8.97 Å². The molecule has 0 N–H and O–H groups in total. The van der Waals surface area contributed by atoms with Gasteiger partial charge >= 0.3 is 0 Å². The van der Waals surface area contributed by atoms with Gasteiger partial charge in [0.2, 0.25) is 0 Å². The molecule has 3 heterocycles. The maximum absolute atomic E-state index is 2.47. The van der Waals surface area contributed by atoms with Gasteiger partial charge in [-0.2, -0.15) is 0 Å². The smallest absolute Gasteiger partial charge is 0.0620 e. The van der Waals surface area contributed by atoms with E-state index in [2.05, 4.69) is 167 Å². The molecular formula is C42H26N2. The van der Waals surface area contributed by atoms with Crippen LogP contribution in [-0.2, 0) is 0 Å². The Labute approximate surface area is 254 Å². The van der Waals surface area contributed by atoms with Crippen LogP contribution in [0.25, 0.3) is 87.8 Å². The molecule has 7 aromatic carbocycles. The second kappa shape index (κ2) is 8.82. The van der Waals surface area contributed by atoms with Crippen LogP contribution in [0, 0.1) is 0 Å². The summed E-state index contributed by atoms with van der Waals surface area (Å²) in [5.74, 6) is 0. The van der Waals surface area contributed by atoms with Crippen LogP contribution < -0.4 is 0 Å². The third-order valence-electron chi connectivity index (χ3n) is 9.42. The van der Waals surface area contributed by atoms with Crippen LogP contribution in [0.1, 0.15) is 0 Å². The zero-order valence-corrected chi connectivity index (χ0v) is 23.9. The molecule has 0 aliphatic heterocycles. The molecule has 0 aliphatic rings. The van der Waals surface area contributed by atoms with Crippen LogP contribution >= 0.6 is 0 Å². The van der Waals surface area contributed by atoms with E-state index in [1.807, 2.05) is 0 Å². The molecule has 0 saturated heterocycles. The Morgan fingerprint density at radius 3 is 1.57 bits per heavy atom. The minimum atomic E-state index is 1.16. The monoisotopic (exact) mass is 558 g/mol. The highest BCUT2D eigenvalue weighted by Crippen LogP contribution is 2.44. The molecule has 0 atom stereocenters. The first-order chi connectivity index (χ1) is 21.8. The van der Waals surface area contributed by atoms with Crippen LogP contribution in [0.2, 0.25) is 0 Å². The highest BCUT2D eigenvalue weighted by molar-refractivity contribution is 6.25. The number of aromatic nitrogens is 2. The molecule has 10 rings (SSSR count). The van der Waals surface area contributed by atoms with Crippen molar-refractivity contribution in [3.8, 4) is 27.9 Å². The fraction of sp³-hybridized carbons (Fsp3) is 0. The van der Waals surface area contributed by atoms with Gasteiger partial charge in [0.1, 0.15) is 0 Å². The lowest BCUT2D eigenvalue weighted by molar-refractivity contribution is 1.18. The summed E-state index contributed by atoms with van der Waals surface area (Å²) in [6, 6.07) is 57.7. The SMILES string of the molecule is c1ccc(-c2cccc(-n3c4ccccc4c4cccc(-c5cc6c7ccccc7n7c8ccccc8c(c5)c67)c43)c2)cc1. The Hall–Kier alpha value is -5.86. The van der Waals surface area contributed by atoms with Crippen molar-refractivity contribution in [2.24, 2.45) is 0 Å². The third kappa shape index (κ3) is 3.14. The van der Waals surface area contributed by atoms with Crippen LogP contribution in [0.4, 0.5) is 0 Å². The average molecular weight is 559 g/mol. The van der Waals surface area contributed by atoms with Gasteiger partial charge in [0.05, 0.1) is 27.6 Å². The maximum Gasteiger partial charge on any atom is 0.0620 e. The van der Waals surface area contributed by atoms with Gasteiger partial charge in [-0.3, -0.25) is 0 Å². The summed E-state index contributed by atoms with van der Waals surface area (Å²) in [5.41, 5.74) is 12.4. The summed E-state index contributed by atoms with van der Waals surface area (Å²) in [6.07, 6.45) is 0. The molecule has 0 unspecified atom stereocenters. The zero-order chi connectivity index (χ0) is 28.8. The van der Waals surface area contributed by atoms with E-state index in [1.165, 1.54) is 82.2 Å². The molecule has 0 aliphatic carbocycles. The molecule has 10 aromatic rings. The molecule has 0 fully saturated rings. The Kier molecular flexibility index (Phi) is 4.75. The lowest BCUT2D eigenvalue weighted by Gasteiger charge is -2.13. The number of rotatable bonds is 3. The summed E-state index contributed by atoms with van der Waals surface area (Å²) in [7, 11) is 0. The summed E-state index contributed by atoms with van der Waals surface area (Å²) >= 11 is 0. The zero-order valence-electron chi connectivity index (χ0n) is 23.9. The van der Waals surface area contributed by atoms with Gasteiger partial charge in [-0.15, -0.1) is 0 Å². The fourth-order valence-electron chi connectivity index (χ4n) is 7.58. The van der Waals surface area contributed by atoms with E-state index >= 15 is 0 Å². The third-order valence-corrected chi connectivity index (χ3v) is 9.42. The average Bonchev–Trinajstić information content (AvgIpc) is 3.73. The molecule has 44 heavy (non-hydrogen) atoms.